The summed E-state index contributed by atoms with van der Waals surface area (Å²) >= 11 is 1.27. The van der Waals surface area contributed by atoms with Gasteiger partial charge in [-0.25, -0.2) is 9.97 Å². The Morgan fingerprint density at radius 2 is 1.96 bits per heavy atom. The van der Waals surface area contributed by atoms with Crippen LogP contribution in [-0.4, -0.2) is 21.6 Å². The van der Waals surface area contributed by atoms with E-state index in [1.54, 1.807) is 24.3 Å². The number of benzene rings is 2. The number of nitrogens with one attached hydrogen (secondary N) is 1. The van der Waals surface area contributed by atoms with Gasteiger partial charge < -0.3 is 9.73 Å². The van der Waals surface area contributed by atoms with Gasteiger partial charge in [-0.05, 0) is 24.3 Å². The van der Waals surface area contributed by atoms with E-state index in [1.165, 1.54) is 18.1 Å². The molecule has 1 N–H and O–H groups in total. The molecule has 6 nitrogen and oxygen atoms in total. The zero-order chi connectivity index (χ0) is 17.9. The second kappa shape index (κ2) is 6.86. The minimum absolute atomic E-state index is 0.142. The van der Waals surface area contributed by atoms with Crippen LogP contribution < -0.4 is 5.32 Å². The minimum Gasteiger partial charge on any atom is -0.451 e. The fourth-order valence-electron chi connectivity index (χ4n) is 2.62. The number of amides is 1. The van der Waals surface area contributed by atoms with Gasteiger partial charge in [0.15, 0.2) is 5.58 Å². The van der Waals surface area contributed by atoms with Crippen molar-refractivity contribution in [1.82, 2.24) is 9.97 Å². The number of para-hydroxylation sites is 2. The number of nitrogens with zero attached hydrogens (tertiary/aromatic N) is 3. The van der Waals surface area contributed by atoms with Crippen molar-refractivity contribution in [1.29, 1.82) is 5.26 Å². The minimum atomic E-state index is -0.222. The Hall–Kier alpha value is -3.37. The van der Waals surface area contributed by atoms with E-state index in [1.807, 2.05) is 24.3 Å². The summed E-state index contributed by atoms with van der Waals surface area (Å²) in [6.45, 7) is 0. The van der Waals surface area contributed by atoms with E-state index in [4.69, 9.17) is 9.68 Å². The Morgan fingerprint density at radius 3 is 2.85 bits per heavy atom. The Morgan fingerprint density at radius 1 is 1.15 bits per heavy atom. The van der Waals surface area contributed by atoms with Crippen LogP contribution in [0.2, 0.25) is 0 Å². The molecule has 4 rings (SSSR count). The summed E-state index contributed by atoms with van der Waals surface area (Å²) in [5.74, 6) is -0.0799. The second-order valence-corrected chi connectivity index (χ2v) is 6.41. The van der Waals surface area contributed by atoms with E-state index >= 15 is 0 Å². The molecule has 2 aromatic heterocycles. The van der Waals surface area contributed by atoms with E-state index in [0.717, 1.165) is 16.5 Å². The molecule has 0 aliphatic rings. The van der Waals surface area contributed by atoms with Gasteiger partial charge in [-0.1, -0.05) is 36.0 Å². The van der Waals surface area contributed by atoms with E-state index in [2.05, 4.69) is 21.4 Å². The number of thioether (sulfide) groups is 1. The molecule has 0 spiro atoms. The molecule has 1 amide bonds. The lowest BCUT2D eigenvalue weighted by atomic mass is 10.2. The molecule has 0 aliphatic carbocycles. The zero-order valence-electron chi connectivity index (χ0n) is 13.5. The van der Waals surface area contributed by atoms with Crippen molar-refractivity contribution in [3.8, 4) is 6.07 Å². The Kier molecular flexibility index (Phi) is 4.25. The number of fused-ring (bicyclic) bond motifs is 3. The first-order chi connectivity index (χ1) is 12.8. The van der Waals surface area contributed by atoms with E-state index in [0.29, 0.717) is 21.9 Å². The molecule has 26 heavy (non-hydrogen) atoms. The highest BCUT2D eigenvalue weighted by Crippen LogP contribution is 2.32. The van der Waals surface area contributed by atoms with Crippen LogP contribution in [-0.2, 0) is 4.79 Å². The van der Waals surface area contributed by atoms with Gasteiger partial charge in [-0.2, -0.15) is 5.26 Å². The van der Waals surface area contributed by atoms with Crippen LogP contribution in [0.25, 0.3) is 22.1 Å². The van der Waals surface area contributed by atoms with E-state index in [9.17, 15) is 4.79 Å². The molecule has 2 heterocycles. The van der Waals surface area contributed by atoms with Gasteiger partial charge in [-0.15, -0.1) is 0 Å². The van der Waals surface area contributed by atoms with Gasteiger partial charge in [0.05, 0.1) is 17.0 Å². The maximum absolute atomic E-state index is 12.2. The fourth-order valence-corrected chi connectivity index (χ4v) is 3.35. The summed E-state index contributed by atoms with van der Waals surface area (Å²) < 4.78 is 5.85. The molecule has 2 aromatic carbocycles. The van der Waals surface area contributed by atoms with Crippen LogP contribution in [0.4, 0.5) is 5.69 Å². The van der Waals surface area contributed by atoms with Crippen molar-refractivity contribution in [3.05, 3.63) is 60.4 Å². The van der Waals surface area contributed by atoms with Crippen molar-refractivity contribution in [2.75, 3.05) is 11.1 Å². The monoisotopic (exact) mass is 360 g/mol. The second-order valence-electron chi connectivity index (χ2n) is 5.45. The zero-order valence-corrected chi connectivity index (χ0v) is 14.3. The van der Waals surface area contributed by atoms with Crippen LogP contribution in [0.3, 0.4) is 0 Å². The molecule has 0 fully saturated rings. The van der Waals surface area contributed by atoms with E-state index < -0.39 is 0 Å². The number of hydrogen-bond acceptors (Lipinski definition) is 6. The first-order valence-corrected chi connectivity index (χ1v) is 8.79. The molecule has 0 radical (unpaired) electrons. The SMILES string of the molecule is N#Cc1ccccc1NC(=O)CSc1ncnc2c1oc1ccccc12. The summed E-state index contributed by atoms with van der Waals surface area (Å²) in [6.07, 6.45) is 1.47. The molecular formula is C19H12N4O2S. The standard InChI is InChI=1S/C19H12N4O2S/c20-9-12-5-1-3-7-14(12)23-16(24)10-26-19-18-17(21-11-22-19)13-6-2-4-8-15(13)25-18/h1-8,11H,10H2,(H,23,24). The van der Waals surface area contributed by atoms with E-state index in [-0.39, 0.29) is 11.7 Å². The van der Waals surface area contributed by atoms with Crippen LogP contribution in [0.5, 0.6) is 0 Å². The predicted octanol–water partition coefficient (Wildman–Crippen LogP) is 3.98. The van der Waals surface area contributed by atoms with Gasteiger partial charge in [-0.3, -0.25) is 4.79 Å². The first-order valence-electron chi connectivity index (χ1n) is 7.80. The lowest BCUT2D eigenvalue weighted by molar-refractivity contribution is -0.113. The largest absolute Gasteiger partial charge is 0.451 e. The Balaban J connectivity index is 1.55. The number of furan rings is 1. The average molecular weight is 360 g/mol. The van der Waals surface area contributed by atoms with Crippen molar-refractivity contribution < 1.29 is 9.21 Å². The highest BCUT2D eigenvalue weighted by atomic mass is 32.2. The first kappa shape index (κ1) is 16.1. The topological polar surface area (TPSA) is 91.8 Å². The average Bonchev–Trinajstić information content (AvgIpc) is 3.06. The summed E-state index contributed by atoms with van der Waals surface area (Å²) in [6, 6.07) is 16.6. The third-order valence-electron chi connectivity index (χ3n) is 3.79. The Labute approximate surface area is 152 Å². The summed E-state index contributed by atoms with van der Waals surface area (Å²) in [7, 11) is 0. The third kappa shape index (κ3) is 2.98. The van der Waals surface area contributed by atoms with Crippen LogP contribution in [0.15, 0.2) is 64.3 Å². The summed E-state index contributed by atoms with van der Waals surface area (Å²) in [4.78, 5) is 20.8. The summed E-state index contributed by atoms with van der Waals surface area (Å²) in [5, 5.41) is 13.4. The molecule has 0 saturated carbocycles. The number of nitriles is 1. The van der Waals surface area contributed by atoms with Crippen LogP contribution in [0, 0.1) is 11.3 Å². The molecule has 0 bridgehead atoms. The van der Waals surface area contributed by atoms with Crippen molar-refractivity contribution >= 4 is 45.4 Å². The van der Waals surface area contributed by atoms with Crippen LogP contribution in [0.1, 0.15) is 5.56 Å². The van der Waals surface area contributed by atoms with Gasteiger partial charge in [0, 0.05) is 5.39 Å². The number of anilines is 1. The van der Waals surface area contributed by atoms with Gasteiger partial charge >= 0.3 is 0 Å². The summed E-state index contributed by atoms with van der Waals surface area (Å²) in [5.41, 5.74) is 2.96. The molecule has 4 aromatic rings. The van der Waals surface area contributed by atoms with Crippen LogP contribution >= 0.6 is 11.8 Å². The quantitative estimate of drug-likeness (QED) is 0.437. The van der Waals surface area contributed by atoms with Crippen molar-refractivity contribution in [2.45, 2.75) is 5.03 Å². The van der Waals surface area contributed by atoms with Gasteiger partial charge in [0.25, 0.3) is 0 Å². The number of hydrogen-bond donors (Lipinski definition) is 1. The van der Waals surface area contributed by atoms with Crippen molar-refractivity contribution in [2.24, 2.45) is 0 Å². The lowest BCUT2D eigenvalue weighted by Crippen LogP contribution is -2.15. The number of aromatic nitrogens is 2. The molecular weight excluding hydrogens is 348 g/mol. The molecule has 0 unspecified atom stereocenters. The van der Waals surface area contributed by atoms with Gasteiger partial charge in [0.2, 0.25) is 5.91 Å². The number of rotatable bonds is 4. The molecule has 0 aliphatic heterocycles. The maximum Gasteiger partial charge on any atom is 0.234 e. The van der Waals surface area contributed by atoms with Gasteiger partial charge in [0.1, 0.15) is 28.5 Å². The molecule has 7 heteroatoms. The highest BCUT2D eigenvalue weighted by Gasteiger charge is 2.15. The molecule has 0 saturated heterocycles. The number of carbonyl (C=O) groups is 1. The molecule has 0 atom stereocenters. The normalized spacial score (nSPS) is 10.7. The van der Waals surface area contributed by atoms with Crippen molar-refractivity contribution in [3.63, 3.8) is 0 Å². The number of carbonyl (C=O) groups excluding carboxylic acids is 1. The smallest absolute Gasteiger partial charge is 0.234 e. The molecule has 126 valence electrons. The lowest BCUT2D eigenvalue weighted by Gasteiger charge is -2.06. The predicted molar refractivity (Wildman–Crippen MR) is 99.8 cm³/mol. The third-order valence-corrected chi connectivity index (χ3v) is 4.76. The Bertz CT molecular complexity index is 1160. The maximum atomic E-state index is 12.2. The fraction of sp³-hybridized carbons (Fsp3) is 0.0526. The highest BCUT2D eigenvalue weighted by molar-refractivity contribution is 8.00.